The van der Waals surface area contributed by atoms with Gasteiger partial charge in [0.25, 0.3) is 0 Å². The second-order valence-corrected chi connectivity index (χ2v) is 0.943. The van der Waals surface area contributed by atoms with Crippen molar-refractivity contribution in [3.05, 3.63) is 80.0 Å². The van der Waals surface area contributed by atoms with Gasteiger partial charge in [-0.1, -0.05) is 14.9 Å². The molecule has 0 saturated heterocycles. The molecule has 0 bridgehead atoms. The molecule has 0 fully saturated rings. The van der Waals surface area contributed by atoms with E-state index in [0.29, 0.717) is 0 Å². The Balaban J connectivity index is -0.00000000269. The summed E-state index contributed by atoms with van der Waals surface area (Å²) < 4.78 is 0. The molecule has 20 heavy (non-hydrogen) atoms. The maximum absolute atomic E-state index is 4.61. The van der Waals surface area contributed by atoms with Crippen molar-refractivity contribution in [3.8, 4) is 0 Å². The van der Waals surface area contributed by atoms with Crippen LogP contribution in [-0.2, 0) is 159 Å². The molecule has 0 atom stereocenters. The summed E-state index contributed by atoms with van der Waals surface area (Å²) in [7, 11) is 0. The first kappa shape index (κ1) is 105. The molecule has 0 saturated carbocycles. The molecule has 0 amide bonds. The van der Waals surface area contributed by atoms with E-state index in [0.717, 1.165) is 0 Å². The average Bonchev–Trinajstić information content (AvgIpc) is 1.91. The van der Waals surface area contributed by atoms with Crippen molar-refractivity contribution in [3.63, 3.8) is 0 Å². The Labute approximate surface area is 248 Å². The molecule has 6 heteroatoms. The van der Waals surface area contributed by atoms with E-state index in [1.165, 1.54) is 12.2 Å². The monoisotopic (exact) mass is 882 g/mol. The second kappa shape index (κ2) is 174. The van der Waals surface area contributed by atoms with E-state index in [1.54, 1.807) is 12.2 Å². The van der Waals surface area contributed by atoms with E-state index in [-0.39, 0.29) is 189 Å². The number of rotatable bonds is 0. The normalized spacial score (nSPS) is 3.00. The van der Waals surface area contributed by atoms with Gasteiger partial charge in [0.1, 0.15) is 0 Å². The molecule has 0 aliphatic rings. The van der Waals surface area contributed by atoms with Crippen LogP contribution in [0.2, 0.25) is 0 Å². The maximum atomic E-state index is 4.61. The molecule has 0 aromatic rings. The van der Waals surface area contributed by atoms with Crippen LogP contribution in [-0.4, -0.2) is 0 Å². The van der Waals surface area contributed by atoms with Crippen molar-refractivity contribution in [1.29, 1.82) is 0 Å². The summed E-state index contributed by atoms with van der Waals surface area (Å²) in [5.41, 5.74) is 0. The van der Waals surface area contributed by atoms with Crippen molar-refractivity contribution in [2.75, 3.05) is 0 Å². The van der Waals surface area contributed by atoms with Crippen molar-refractivity contribution in [2.45, 2.75) is 14.9 Å². The molecule has 116 valence electrons. The Hall–Kier alpha value is 3.97. The van der Waals surface area contributed by atoms with Crippen LogP contribution in [0.3, 0.4) is 0 Å². The first-order chi connectivity index (χ1) is 4.74. The molecule has 4 radical (unpaired) electrons. The van der Waals surface area contributed by atoms with E-state index < -0.39 is 0 Å². The van der Waals surface area contributed by atoms with E-state index in [4.69, 9.17) is 0 Å². The fourth-order valence-corrected chi connectivity index (χ4v) is 0. The minimum atomic E-state index is 0. The molecule has 0 unspecified atom stereocenters. The molecule has 0 heterocycles. The Bertz CT molecular complexity index is 84.5. The maximum Gasteiger partial charge on any atom is 2.00 e. The average molecular weight is 882 g/mol. The molecule has 0 rings (SSSR count). The van der Waals surface area contributed by atoms with Gasteiger partial charge in [0.2, 0.25) is 0 Å². The van der Waals surface area contributed by atoms with Gasteiger partial charge in [-0.2, -0.15) is 0 Å². The Morgan fingerprint density at radius 3 is 0.700 bits per heavy atom. The summed E-state index contributed by atoms with van der Waals surface area (Å²) in [5.74, 6) is 0. The van der Waals surface area contributed by atoms with Gasteiger partial charge < -0.3 is 80.0 Å². The Morgan fingerprint density at radius 1 is 0.650 bits per heavy atom. The first-order valence-corrected chi connectivity index (χ1v) is 2.63. The number of hydrogen-bond acceptors (Lipinski definition) is 0. The minimum Gasteiger partial charge on any atom is -0.549 e. The van der Waals surface area contributed by atoms with Crippen LogP contribution in [0.5, 0.6) is 0 Å². The molecule has 0 spiro atoms. The number of hydrogen-bond donors (Lipinski definition) is 0. The standard InChI is InChI=1S/C4H6.2C3H4.2CH4.2CH3.V.2W.3Y/c1-3-4-2;2*1-3-2;;;;;;;;;;/h3-4H,1-2H2;2*1,3H,2H2;2*1H4;2*1H3;;;;;;/q3*-2;;;2*-1;;;+2;;;. The largest absolute Gasteiger partial charge is 2.00 e. The molecule has 0 aromatic carbocycles. The van der Waals surface area contributed by atoms with Crippen molar-refractivity contribution in [2.24, 2.45) is 0 Å². The fourth-order valence-electron chi connectivity index (χ4n) is 0. The van der Waals surface area contributed by atoms with Gasteiger partial charge in [-0.05, 0) is 0 Å². The smallest absolute Gasteiger partial charge is 0.549 e. The van der Waals surface area contributed by atoms with Crippen LogP contribution in [0.25, 0.3) is 0 Å². The Morgan fingerprint density at radius 2 is 0.700 bits per heavy atom. The molecule has 0 nitrogen and oxygen atoms in total. The van der Waals surface area contributed by atoms with Gasteiger partial charge in [0, 0.05) is 138 Å². The van der Waals surface area contributed by atoms with Gasteiger partial charge in [-0.3, -0.25) is 0 Å². The topological polar surface area (TPSA) is 0 Å². The van der Waals surface area contributed by atoms with E-state index in [1.807, 2.05) is 0 Å². The summed E-state index contributed by atoms with van der Waals surface area (Å²) in [6.45, 7) is 22.2. The third-order valence-corrected chi connectivity index (χ3v) is 0.167. The zero-order valence-corrected chi connectivity index (χ0v) is 27.1. The van der Waals surface area contributed by atoms with Crippen LogP contribution in [0.15, 0.2) is 24.3 Å². The van der Waals surface area contributed by atoms with Crippen molar-refractivity contribution >= 4 is 0 Å². The molecule has 0 N–H and O–H groups in total. The summed E-state index contributed by atoms with van der Waals surface area (Å²) in [6.07, 6.45) is 5.78. The summed E-state index contributed by atoms with van der Waals surface area (Å²) in [4.78, 5) is 0. The third kappa shape index (κ3) is 391. The van der Waals surface area contributed by atoms with Crippen molar-refractivity contribution < 1.29 is 159 Å². The van der Waals surface area contributed by atoms with Gasteiger partial charge in [-0.15, -0.1) is 0 Å². The predicted octanol–water partition coefficient (Wildman–Crippen LogP) is 4.99. The second-order valence-electron chi connectivity index (χ2n) is 0.943. The van der Waals surface area contributed by atoms with Gasteiger partial charge >= 0.3 is 21.1 Å². The fraction of sp³-hybridized carbons (Fsp3) is 0.143. The van der Waals surface area contributed by atoms with Crippen LogP contribution in [0.1, 0.15) is 14.9 Å². The third-order valence-electron chi connectivity index (χ3n) is 0.167. The zero-order chi connectivity index (χ0) is 8.83. The van der Waals surface area contributed by atoms with E-state index in [2.05, 4.69) is 40.9 Å². The molecule has 0 aliphatic heterocycles. The van der Waals surface area contributed by atoms with Crippen LogP contribution in [0.4, 0.5) is 0 Å². The molecular weight excluding hydrogens is 853 g/mol. The van der Waals surface area contributed by atoms with Gasteiger partial charge in [0.15, 0.2) is 0 Å². The summed E-state index contributed by atoms with van der Waals surface area (Å²) in [6, 6.07) is 0. The molecule has 0 aliphatic carbocycles. The van der Waals surface area contributed by atoms with E-state index in [9.17, 15) is 0 Å². The van der Waals surface area contributed by atoms with Crippen LogP contribution in [0, 0.1) is 55.7 Å². The Kier molecular flexibility index (Phi) is 917. The van der Waals surface area contributed by atoms with Gasteiger partial charge in [0.05, 0.1) is 0 Å². The predicted molar refractivity (Wildman–Crippen MR) is 74.6 cm³/mol. The van der Waals surface area contributed by atoms with Crippen molar-refractivity contribution in [1.82, 2.24) is 0 Å². The number of allylic oxidation sites excluding steroid dienone is 4. The van der Waals surface area contributed by atoms with E-state index >= 15 is 0 Å². The molecule has 0 aromatic heterocycles. The van der Waals surface area contributed by atoms with Crippen LogP contribution >= 0.6 is 0 Å². The quantitative estimate of drug-likeness (QED) is 0.302. The SMILES string of the molecule is C.C.[CH-]=C[CH2-].[CH-]=C[CH2-].[CH2-]C=C[CH2-].[CH3-].[CH3-].[V].[W+2].[W].[Y].[Y].[Y]. The van der Waals surface area contributed by atoms with Crippen LogP contribution < -0.4 is 0 Å². The molecular formula is C14H28VW2Y3-6. The van der Waals surface area contributed by atoms with Gasteiger partial charge in [-0.25, -0.2) is 0 Å². The zero-order valence-electron chi connectivity index (χ0n) is 11.3. The summed E-state index contributed by atoms with van der Waals surface area (Å²) >= 11 is 0. The first-order valence-electron chi connectivity index (χ1n) is 2.63. The summed E-state index contributed by atoms with van der Waals surface area (Å²) in [5, 5.41) is 0. The minimum absolute atomic E-state index is 0.